The van der Waals surface area contributed by atoms with Crippen LogP contribution in [0.3, 0.4) is 0 Å². The van der Waals surface area contributed by atoms with Crippen LogP contribution >= 0.6 is 38.6 Å². The van der Waals surface area contributed by atoms with Gasteiger partial charge in [0, 0.05) is 171 Å². The minimum absolute atomic E-state index is 0.301. The highest BCUT2D eigenvalue weighted by molar-refractivity contribution is 9.11. The second kappa shape index (κ2) is 38.6. The van der Waals surface area contributed by atoms with Gasteiger partial charge in [-0.05, 0) is 110 Å². The zero-order valence-electron chi connectivity index (χ0n) is 53.2. The fourth-order valence-corrected chi connectivity index (χ4v) is 10.6. The van der Waals surface area contributed by atoms with Crippen LogP contribution in [0.1, 0.15) is 71.1 Å². The highest BCUT2D eigenvalue weighted by Gasteiger charge is 2.23. The molecule has 1 aliphatic rings. The number of fused-ring (bicyclic) bond motifs is 2. The molecule has 0 saturated heterocycles. The lowest BCUT2D eigenvalue weighted by Gasteiger charge is -2.30. The van der Waals surface area contributed by atoms with Gasteiger partial charge in [-0.25, -0.2) is 24.6 Å². The summed E-state index contributed by atoms with van der Waals surface area (Å²) in [6.45, 7) is 5.92. The number of hydrogen-bond donors (Lipinski definition) is 4. The first kappa shape index (κ1) is 75.3. The van der Waals surface area contributed by atoms with E-state index in [1.807, 2.05) is 29.8 Å². The number of benzene rings is 2. The summed E-state index contributed by atoms with van der Waals surface area (Å²) in [5, 5.41) is 25.7. The van der Waals surface area contributed by atoms with E-state index in [9.17, 15) is 9.59 Å². The summed E-state index contributed by atoms with van der Waals surface area (Å²) in [6.07, 6.45) is 18.1. The molecule has 10 aromatic rings. The van der Waals surface area contributed by atoms with E-state index in [0.29, 0.717) is 85.2 Å². The van der Waals surface area contributed by atoms with Gasteiger partial charge in [0.1, 0.15) is 40.3 Å². The van der Waals surface area contributed by atoms with Crippen molar-refractivity contribution >= 4 is 178 Å². The number of nitrogens with one attached hydrogen (secondary N) is 4. The predicted octanol–water partition coefficient (Wildman–Crippen LogP) is 7.50. The quantitative estimate of drug-likeness (QED) is 0.0607. The molecule has 1 fully saturated rings. The van der Waals surface area contributed by atoms with E-state index in [2.05, 4.69) is 114 Å². The van der Waals surface area contributed by atoms with Crippen molar-refractivity contribution in [1.82, 2.24) is 55.2 Å². The van der Waals surface area contributed by atoms with Crippen LogP contribution in [0.5, 0.6) is 46.0 Å². The van der Waals surface area contributed by atoms with Gasteiger partial charge in [-0.1, -0.05) is 26.2 Å². The first-order valence-corrected chi connectivity index (χ1v) is 31.7. The Morgan fingerprint density at radius 1 is 0.660 bits per heavy atom. The van der Waals surface area contributed by atoms with E-state index in [1.54, 1.807) is 137 Å². The summed E-state index contributed by atoms with van der Waals surface area (Å²) < 4.78 is 36.0. The number of carbonyl (C=O) groups is 2. The number of amides is 2. The maximum Gasteiger partial charge on any atom is 0.277 e. The van der Waals surface area contributed by atoms with Crippen molar-refractivity contribution < 1.29 is 38.0 Å². The number of rotatable bonds is 18. The lowest BCUT2D eigenvalue weighted by Crippen LogP contribution is -2.55. The molecule has 11 rings (SSSR count). The third-order valence-corrected chi connectivity index (χ3v) is 16.0. The molecule has 37 heteroatoms. The van der Waals surface area contributed by atoms with Crippen LogP contribution in [0.4, 0.5) is 11.6 Å². The topological polar surface area (TPSA) is 249 Å². The lowest BCUT2D eigenvalue weighted by atomic mass is 8.64. The first-order chi connectivity index (χ1) is 45.2. The van der Waals surface area contributed by atoms with Crippen molar-refractivity contribution in [3.8, 4) is 51.1 Å². The number of carbonyl (C=O) groups excluding carboxylic acids is 2. The van der Waals surface area contributed by atoms with Gasteiger partial charge in [-0.2, -0.15) is 10.2 Å². The fraction of sp³-hybridized carbons (Fsp3) is 0.263. The van der Waals surface area contributed by atoms with Gasteiger partial charge < -0.3 is 44.4 Å². The Morgan fingerprint density at radius 2 is 1.17 bits per heavy atom. The van der Waals surface area contributed by atoms with Crippen LogP contribution < -0.4 is 44.4 Å². The van der Waals surface area contributed by atoms with E-state index >= 15 is 0 Å². The molecule has 2 aromatic carbocycles. The SMILES string of the molecule is Brc1nccs1.CCC1CCCCC1NC.COc1cc2nccc(Oc3ccc(NC(=O)c4[nH]ncc4C)nc3)c2cc1OC.COc1cc2nccc(Oc3ccc(NC(=O)c4nn(-c5nccs5)cc4C)nc3)c2cc1OC.[B]B([B])[B].[B][B]B(B([B])[B])B([B])[B]. The number of aryl methyl sites for hydroxylation is 2. The zero-order valence-corrected chi connectivity index (χ0v) is 56.4. The molecule has 2 atom stereocenters. The minimum Gasteiger partial charge on any atom is -0.493 e. The number of thiazole rings is 2. The Kier molecular flexibility index (Phi) is 30.9. The smallest absolute Gasteiger partial charge is 0.277 e. The monoisotopic (exact) mass is 1340 g/mol. The number of aromatic amines is 1. The molecule has 8 aromatic heterocycles. The van der Waals surface area contributed by atoms with Gasteiger partial charge >= 0.3 is 0 Å². The maximum absolute atomic E-state index is 12.7. The predicted molar refractivity (Wildman–Crippen MR) is 391 cm³/mol. The Bertz CT molecular complexity index is 3910. The van der Waals surface area contributed by atoms with Crippen molar-refractivity contribution in [1.29, 1.82) is 0 Å². The molecule has 21 nitrogen and oxygen atoms in total. The number of methoxy groups -OCH3 is 4. The first-order valence-electron chi connectivity index (χ1n) is 29.2. The summed E-state index contributed by atoms with van der Waals surface area (Å²) in [5.74, 6) is 5.54. The van der Waals surface area contributed by atoms with Crippen molar-refractivity contribution in [2.45, 2.75) is 58.9 Å². The molecule has 17 radical (unpaired) electrons. The number of aromatic nitrogens is 10. The number of nitrogens with zero attached hydrogens (tertiary/aromatic N) is 9. The van der Waals surface area contributed by atoms with Crippen LogP contribution in [0, 0.1) is 19.8 Å². The standard InChI is InChI=1S/C24H20N6O4S.C21H19N5O4.C9H19N.C3H2BrNS.B9.B4/c1-14-13-30(24-26-8-9-35-24)29-22(14)23(31)28-21-5-4-15(12-27-21)34-18-6-7-25-17-11-20(33-3)19(32-2)10-16(17)18;1-12-10-24-26-20(12)21(27)25-19-5-4-13(11-23-19)30-16-6-7-22-15-9-18(29-3)17(28-2)8-14(15)16;1-3-8-6-4-5-7-9(8)10-2;4-3-5-1-2-6-3;1-6-9(7(2)3)8(4)5;1-4(2)3/h4-13H,1-3H3,(H,27,28,31);4-11H,1-3H3,(H,24,26)(H,23,25,27);8-10H,3-7H2,1-2H3;1-2H;;. The molecule has 0 spiro atoms. The molecule has 94 heavy (non-hydrogen) atoms. The van der Waals surface area contributed by atoms with Crippen LogP contribution in [-0.4, -0.2) is 198 Å². The van der Waals surface area contributed by atoms with E-state index < -0.39 is 19.2 Å². The van der Waals surface area contributed by atoms with E-state index in [4.69, 9.17) is 67.1 Å². The molecule has 0 aliphatic heterocycles. The molecule has 1 aliphatic carbocycles. The Hall–Kier alpha value is -7.74. The summed E-state index contributed by atoms with van der Waals surface area (Å²) in [4.78, 5) is 50.3. The normalized spacial score (nSPS) is 12.6. The maximum atomic E-state index is 12.7. The van der Waals surface area contributed by atoms with Crippen LogP contribution in [-0.2, 0) is 0 Å². The number of hydrogen-bond acceptors (Lipinski definition) is 19. The summed E-state index contributed by atoms with van der Waals surface area (Å²) in [7, 11) is 49.8. The fourth-order valence-electron chi connectivity index (χ4n) is 9.19. The molecule has 0 bridgehead atoms. The Balaban J connectivity index is 0.000000211. The number of ether oxygens (including phenoxy) is 6. The molecular weight excluding hydrogens is 1280 g/mol. The summed E-state index contributed by atoms with van der Waals surface area (Å²) >= 11 is 6.21. The van der Waals surface area contributed by atoms with Crippen LogP contribution in [0.2, 0.25) is 0 Å². The van der Waals surface area contributed by atoms with Gasteiger partial charge in [0.15, 0.2) is 32.6 Å². The molecule has 4 N–H and O–H groups in total. The average Bonchev–Trinajstić information content (AvgIpc) is 0.896. The second-order valence-electron chi connectivity index (χ2n) is 20.4. The molecule has 8 heterocycles. The van der Waals surface area contributed by atoms with E-state index in [0.717, 1.165) is 37.8 Å². The highest BCUT2D eigenvalue weighted by atomic mass is 79.9. The summed E-state index contributed by atoms with van der Waals surface area (Å²) in [5.41, 5.74) is 3.58. The van der Waals surface area contributed by atoms with Crippen molar-refractivity contribution in [3.05, 3.63) is 147 Å². The van der Waals surface area contributed by atoms with Gasteiger partial charge in [0.2, 0.25) is 5.13 Å². The van der Waals surface area contributed by atoms with Crippen LogP contribution in [0.15, 0.2) is 125 Å². The Labute approximate surface area is 577 Å². The average molecular weight is 1340 g/mol. The molecule has 2 amide bonds. The van der Waals surface area contributed by atoms with Gasteiger partial charge in [0.05, 0.1) is 58.1 Å². The minimum atomic E-state index is -0.667. The summed E-state index contributed by atoms with van der Waals surface area (Å²) in [6, 6.07) is 18.3. The van der Waals surface area contributed by atoms with Gasteiger partial charge in [-0.3, -0.25) is 24.7 Å². The molecule has 1 saturated carbocycles. The number of pyridine rings is 4. The zero-order chi connectivity index (χ0) is 68.3. The van der Waals surface area contributed by atoms with Crippen molar-refractivity contribution in [2.75, 3.05) is 46.1 Å². The lowest BCUT2D eigenvalue weighted by molar-refractivity contribution is 0.101. The third-order valence-electron chi connectivity index (χ3n) is 13.9. The van der Waals surface area contributed by atoms with Gasteiger partial charge in [-0.15, -0.1) is 22.7 Å². The third kappa shape index (κ3) is 22.5. The van der Waals surface area contributed by atoms with E-state index in [-0.39, 0.29) is 18.2 Å². The number of H-pyrrole nitrogens is 1. The highest BCUT2D eigenvalue weighted by Crippen LogP contribution is 2.39. The Morgan fingerprint density at radius 3 is 1.55 bits per heavy atom. The molecular formula is C57H60B13BrN13O8S2. The van der Waals surface area contributed by atoms with Crippen molar-refractivity contribution in [3.63, 3.8) is 0 Å². The number of anilines is 2. The van der Waals surface area contributed by atoms with E-state index in [1.165, 1.54) is 62.9 Å². The largest absolute Gasteiger partial charge is 0.493 e. The second-order valence-corrected chi connectivity index (χ2v) is 23.5. The molecule has 459 valence electrons. The van der Waals surface area contributed by atoms with Crippen LogP contribution in [0.25, 0.3) is 26.9 Å². The van der Waals surface area contributed by atoms with Crippen molar-refractivity contribution in [2.24, 2.45) is 5.92 Å². The van der Waals surface area contributed by atoms with Gasteiger partial charge in [0.25, 0.3) is 11.8 Å². The molecule has 2 unspecified atom stereocenters. The number of halogens is 1.